The molecule has 5 aromatic rings. The zero-order valence-electron chi connectivity index (χ0n) is 20.6. The van der Waals surface area contributed by atoms with E-state index >= 15 is 0 Å². The average Bonchev–Trinajstić information content (AvgIpc) is 3.46. The molecule has 11 nitrogen and oxygen atoms in total. The number of aromatic nitrogens is 5. The van der Waals surface area contributed by atoms with Crippen LogP contribution in [0.3, 0.4) is 0 Å². The van der Waals surface area contributed by atoms with Crippen LogP contribution in [-0.2, 0) is 13.6 Å². The van der Waals surface area contributed by atoms with Crippen molar-refractivity contribution in [1.82, 2.24) is 29.6 Å². The van der Waals surface area contributed by atoms with Crippen LogP contribution in [0.1, 0.15) is 10.5 Å². The van der Waals surface area contributed by atoms with E-state index in [1.54, 1.807) is 23.9 Å². The molecule has 0 spiro atoms. The standard InChI is InChI=1S/C26H28N8O3/c1-33-19-6-4-3-5-16(19)13-20(33)26(36)31-18-8-7-17(14-21(18)37-2)23-22-24(27)29-15-30-25(22)34(32-23)11-9-28-10-12-35/h3-8,13-15,28,35H,9-12H2,1-2H3,(H,31,36)(H2,27,29,30). The Bertz CT molecular complexity index is 1590. The maximum absolute atomic E-state index is 13.1. The highest BCUT2D eigenvalue weighted by Gasteiger charge is 2.20. The van der Waals surface area contributed by atoms with Gasteiger partial charge in [0.2, 0.25) is 0 Å². The Morgan fingerprint density at radius 2 is 1.97 bits per heavy atom. The second kappa shape index (κ2) is 10.2. The molecule has 1 amide bonds. The molecule has 5 N–H and O–H groups in total. The van der Waals surface area contributed by atoms with Crippen molar-refractivity contribution in [3.05, 3.63) is 60.6 Å². The van der Waals surface area contributed by atoms with Crippen molar-refractivity contribution in [2.45, 2.75) is 6.54 Å². The molecule has 3 aromatic heterocycles. The lowest BCUT2D eigenvalue weighted by Crippen LogP contribution is -2.23. The van der Waals surface area contributed by atoms with E-state index in [2.05, 4.69) is 20.6 Å². The number of methoxy groups -OCH3 is 1. The predicted octanol–water partition coefficient (Wildman–Crippen LogP) is 2.41. The molecule has 0 radical (unpaired) electrons. The van der Waals surface area contributed by atoms with Crippen LogP contribution in [0.15, 0.2) is 54.9 Å². The molecule has 2 aromatic carbocycles. The Hall–Kier alpha value is -4.48. The molecule has 37 heavy (non-hydrogen) atoms. The summed E-state index contributed by atoms with van der Waals surface area (Å²) in [4.78, 5) is 21.7. The first-order chi connectivity index (χ1) is 18.0. The normalized spacial score (nSPS) is 11.3. The minimum atomic E-state index is -0.243. The quantitative estimate of drug-likeness (QED) is 0.226. The minimum Gasteiger partial charge on any atom is -0.495 e. The molecule has 0 aliphatic carbocycles. The van der Waals surface area contributed by atoms with Crippen LogP contribution in [0, 0.1) is 0 Å². The summed E-state index contributed by atoms with van der Waals surface area (Å²) < 4.78 is 9.24. The number of carbonyl (C=O) groups is 1. The van der Waals surface area contributed by atoms with E-state index in [4.69, 9.17) is 20.7 Å². The summed E-state index contributed by atoms with van der Waals surface area (Å²) in [6.07, 6.45) is 1.41. The molecular formula is C26H28N8O3. The molecule has 5 rings (SSSR count). The van der Waals surface area contributed by atoms with Gasteiger partial charge in [0.15, 0.2) is 5.65 Å². The third kappa shape index (κ3) is 4.57. The molecule has 0 atom stereocenters. The summed E-state index contributed by atoms with van der Waals surface area (Å²) in [6.45, 7) is 1.68. The van der Waals surface area contributed by atoms with Gasteiger partial charge in [-0.2, -0.15) is 5.10 Å². The van der Waals surface area contributed by atoms with Gasteiger partial charge in [0.25, 0.3) is 5.91 Å². The first kappa shape index (κ1) is 24.2. The lowest BCUT2D eigenvalue weighted by molar-refractivity contribution is 0.101. The zero-order chi connectivity index (χ0) is 25.9. The number of rotatable bonds is 9. The van der Waals surface area contributed by atoms with Crippen molar-refractivity contribution in [2.75, 3.05) is 37.9 Å². The van der Waals surface area contributed by atoms with E-state index in [1.807, 2.05) is 48.0 Å². The van der Waals surface area contributed by atoms with Gasteiger partial charge in [-0.25, -0.2) is 14.6 Å². The number of aliphatic hydroxyl groups excluding tert-OH is 1. The number of aliphatic hydroxyl groups is 1. The van der Waals surface area contributed by atoms with Gasteiger partial charge < -0.3 is 30.8 Å². The smallest absolute Gasteiger partial charge is 0.272 e. The number of carbonyl (C=O) groups excluding carboxylic acids is 1. The van der Waals surface area contributed by atoms with Gasteiger partial charge in [-0.3, -0.25) is 4.79 Å². The summed E-state index contributed by atoms with van der Waals surface area (Å²) in [6, 6.07) is 15.1. The van der Waals surface area contributed by atoms with E-state index in [0.717, 1.165) is 16.5 Å². The highest BCUT2D eigenvalue weighted by atomic mass is 16.5. The maximum atomic E-state index is 13.1. The van der Waals surface area contributed by atoms with Gasteiger partial charge in [-0.15, -0.1) is 0 Å². The highest BCUT2D eigenvalue weighted by molar-refractivity contribution is 6.07. The number of nitrogens with zero attached hydrogens (tertiary/aromatic N) is 5. The Morgan fingerprint density at radius 3 is 2.76 bits per heavy atom. The zero-order valence-corrected chi connectivity index (χ0v) is 20.6. The van der Waals surface area contributed by atoms with Gasteiger partial charge >= 0.3 is 0 Å². The van der Waals surface area contributed by atoms with Crippen LogP contribution in [0.4, 0.5) is 11.5 Å². The van der Waals surface area contributed by atoms with Gasteiger partial charge in [0.1, 0.15) is 29.3 Å². The van der Waals surface area contributed by atoms with Crippen molar-refractivity contribution in [1.29, 1.82) is 0 Å². The lowest BCUT2D eigenvalue weighted by atomic mass is 10.1. The molecule has 0 saturated heterocycles. The number of nitrogen functional groups attached to an aromatic ring is 1. The number of nitrogens with one attached hydrogen (secondary N) is 2. The summed E-state index contributed by atoms with van der Waals surface area (Å²) in [5.74, 6) is 0.557. The Balaban J connectivity index is 1.47. The topological polar surface area (TPSA) is 145 Å². The van der Waals surface area contributed by atoms with E-state index < -0.39 is 0 Å². The fraction of sp³-hybridized carbons (Fsp3) is 0.231. The summed E-state index contributed by atoms with van der Waals surface area (Å²) >= 11 is 0. The first-order valence-electron chi connectivity index (χ1n) is 11.8. The molecular weight excluding hydrogens is 472 g/mol. The number of hydrogen-bond acceptors (Lipinski definition) is 8. The SMILES string of the molecule is COc1cc(-c2nn(CCNCCO)c3ncnc(N)c23)ccc1NC(=O)c1cc2ccccc2n1C. The molecule has 0 aliphatic heterocycles. The fourth-order valence-corrected chi connectivity index (χ4v) is 4.41. The van der Waals surface area contributed by atoms with Crippen LogP contribution in [0.2, 0.25) is 0 Å². The number of benzene rings is 2. The number of para-hydroxylation sites is 1. The minimum absolute atomic E-state index is 0.0589. The Kier molecular flexibility index (Phi) is 6.71. The summed E-state index contributed by atoms with van der Waals surface area (Å²) in [5.41, 5.74) is 10.2. The third-order valence-corrected chi connectivity index (χ3v) is 6.26. The van der Waals surface area contributed by atoms with Crippen LogP contribution >= 0.6 is 0 Å². The summed E-state index contributed by atoms with van der Waals surface area (Å²) in [5, 5.41) is 21.5. The molecule has 0 unspecified atom stereocenters. The van der Waals surface area contributed by atoms with Crippen LogP contribution in [0.25, 0.3) is 33.2 Å². The monoisotopic (exact) mass is 500 g/mol. The molecule has 0 aliphatic rings. The van der Waals surface area contributed by atoms with Gasteiger partial charge in [0.05, 0.1) is 31.3 Å². The van der Waals surface area contributed by atoms with Gasteiger partial charge in [-0.05, 0) is 24.3 Å². The third-order valence-electron chi connectivity index (χ3n) is 6.26. The van der Waals surface area contributed by atoms with Crippen molar-refractivity contribution < 1.29 is 14.6 Å². The lowest BCUT2D eigenvalue weighted by Gasteiger charge is -2.12. The van der Waals surface area contributed by atoms with Crippen molar-refractivity contribution in [2.24, 2.45) is 7.05 Å². The van der Waals surface area contributed by atoms with Crippen LogP contribution in [0.5, 0.6) is 5.75 Å². The van der Waals surface area contributed by atoms with Gasteiger partial charge in [-0.1, -0.05) is 24.3 Å². The van der Waals surface area contributed by atoms with Gasteiger partial charge in [0, 0.05) is 36.6 Å². The molecule has 0 fully saturated rings. The number of fused-ring (bicyclic) bond motifs is 2. The number of ether oxygens (including phenoxy) is 1. The Labute approximate surface area is 212 Å². The van der Waals surface area contributed by atoms with E-state index in [-0.39, 0.29) is 12.5 Å². The van der Waals surface area contributed by atoms with E-state index in [9.17, 15) is 4.79 Å². The molecule has 11 heteroatoms. The number of aryl methyl sites for hydroxylation is 1. The van der Waals surface area contributed by atoms with Crippen LogP contribution in [-0.4, -0.2) is 62.1 Å². The number of anilines is 2. The fourth-order valence-electron chi connectivity index (χ4n) is 4.41. The van der Waals surface area contributed by atoms with E-state index in [0.29, 0.717) is 59.3 Å². The average molecular weight is 501 g/mol. The summed E-state index contributed by atoms with van der Waals surface area (Å²) in [7, 11) is 3.41. The Morgan fingerprint density at radius 1 is 1.14 bits per heavy atom. The predicted molar refractivity (Wildman–Crippen MR) is 143 cm³/mol. The highest BCUT2D eigenvalue weighted by Crippen LogP contribution is 2.35. The number of hydrogen-bond donors (Lipinski definition) is 4. The number of nitrogens with two attached hydrogens (primary N) is 1. The largest absolute Gasteiger partial charge is 0.495 e. The second-order valence-corrected chi connectivity index (χ2v) is 8.52. The maximum Gasteiger partial charge on any atom is 0.272 e. The van der Waals surface area contributed by atoms with Crippen molar-refractivity contribution in [3.63, 3.8) is 0 Å². The molecule has 0 saturated carbocycles. The van der Waals surface area contributed by atoms with E-state index in [1.165, 1.54) is 6.33 Å². The molecule has 0 bridgehead atoms. The van der Waals surface area contributed by atoms with Crippen molar-refractivity contribution >= 4 is 39.3 Å². The molecule has 190 valence electrons. The number of amides is 1. The van der Waals surface area contributed by atoms with Crippen molar-refractivity contribution in [3.8, 4) is 17.0 Å². The first-order valence-corrected chi connectivity index (χ1v) is 11.8. The second-order valence-electron chi connectivity index (χ2n) is 8.52. The van der Waals surface area contributed by atoms with Crippen LogP contribution < -0.4 is 21.1 Å². The molecule has 3 heterocycles.